The minimum atomic E-state index is -0.652. The average Bonchev–Trinajstić information content (AvgIpc) is 3.46. The average molecular weight is 472 g/mol. The van der Waals surface area contributed by atoms with Gasteiger partial charge in [0, 0.05) is 38.2 Å². The van der Waals surface area contributed by atoms with E-state index in [4.69, 9.17) is 4.42 Å². The molecule has 2 aliphatic heterocycles. The van der Waals surface area contributed by atoms with Crippen molar-refractivity contribution in [3.63, 3.8) is 0 Å². The van der Waals surface area contributed by atoms with Crippen LogP contribution in [0.5, 0.6) is 0 Å². The number of hydrogen-bond acceptors (Lipinski definition) is 4. The van der Waals surface area contributed by atoms with Gasteiger partial charge in [0.1, 0.15) is 6.04 Å². The Labute approximate surface area is 204 Å². The van der Waals surface area contributed by atoms with Crippen LogP contribution in [0, 0.1) is 0 Å². The topological polar surface area (TPSA) is 82.9 Å². The Bertz CT molecular complexity index is 1210. The minimum Gasteiger partial charge on any atom is -0.459 e. The van der Waals surface area contributed by atoms with Gasteiger partial charge in [0.25, 0.3) is 11.8 Å². The van der Waals surface area contributed by atoms with Crippen LogP contribution in [0.2, 0.25) is 0 Å². The summed E-state index contributed by atoms with van der Waals surface area (Å²) in [5, 5.41) is 2.99. The Morgan fingerprint density at radius 2 is 1.69 bits per heavy atom. The lowest BCUT2D eigenvalue weighted by molar-refractivity contribution is -0.126. The van der Waals surface area contributed by atoms with E-state index in [-0.39, 0.29) is 30.0 Å². The molecule has 180 valence electrons. The SMILES string of the molecule is O=C(NCc1cccc(C(=O)N2CCCCC2)c1)C1Cc2ccccc2CN1C(=O)c1ccco1. The van der Waals surface area contributed by atoms with E-state index in [2.05, 4.69) is 5.32 Å². The second-order valence-corrected chi connectivity index (χ2v) is 9.17. The number of rotatable bonds is 5. The monoisotopic (exact) mass is 471 g/mol. The summed E-state index contributed by atoms with van der Waals surface area (Å²) in [4.78, 5) is 42.8. The first-order valence-corrected chi connectivity index (χ1v) is 12.2. The van der Waals surface area contributed by atoms with Crippen molar-refractivity contribution in [2.24, 2.45) is 0 Å². The molecule has 35 heavy (non-hydrogen) atoms. The summed E-state index contributed by atoms with van der Waals surface area (Å²) in [5.41, 5.74) is 3.58. The Kier molecular flexibility index (Phi) is 6.66. The molecule has 3 heterocycles. The zero-order chi connectivity index (χ0) is 24.2. The third-order valence-corrected chi connectivity index (χ3v) is 6.83. The molecule has 0 spiro atoms. The largest absolute Gasteiger partial charge is 0.459 e. The van der Waals surface area contributed by atoms with Gasteiger partial charge in [0.15, 0.2) is 5.76 Å². The molecular weight excluding hydrogens is 442 g/mol. The summed E-state index contributed by atoms with van der Waals surface area (Å²) in [6.07, 6.45) is 5.14. The van der Waals surface area contributed by atoms with E-state index in [0.29, 0.717) is 18.5 Å². The molecule has 2 aromatic carbocycles. The molecule has 3 amide bonds. The Morgan fingerprint density at radius 1 is 0.886 bits per heavy atom. The molecule has 7 nitrogen and oxygen atoms in total. The van der Waals surface area contributed by atoms with Crippen molar-refractivity contribution < 1.29 is 18.8 Å². The van der Waals surface area contributed by atoms with Crippen LogP contribution in [0.3, 0.4) is 0 Å². The summed E-state index contributed by atoms with van der Waals surface area (Å²) in [7, 11) is 0. The van der Waals surface area contributed by atoms with Crippen LogP contribution in [0.15, 0.2) is 71.3 Å². The first-order chi connectivity index (χ1) is 17.1. The standard InChI is InChI=1S/C28H29N3O4/c32-26(29-18-20-8-6-11-22(16-20)27(33)30-13-4-1-5-14-30)24-17-21-9-2-3-10-23(21)19-31(24)28(34)25-12-7-15-35-25/h2-3,6-12,15-16,24H,1,4-5,13-14,17-19H2,(H,29,32). The second kappa shape index (κ2) is 10.2. The first kappa shape index (κ1) is 22.9. The van der Waals surface area contributed by atoms with Gasteiger partial charge in [-0.2, -0.15) is 0 Å². The van der Waals surface area contributed by atoms with Crippen molar-refractivity contribution >= 4 is 17.7 Å². The molecule has 1 aromatic heterocycles. The van der Waals surface area contributed by atoms with Gasteiger partial charge in [-0.3, -0.25) is 14.4 Å². The summed E-state index contributed by atoms with van der Waals surface area (Å²) in [6.45, 7) is 2.21. The van der Waals surface area contributed by atoms with Crippen LogP contribution >= 0.6 is 0 Å². The van der Waals surface area contributed by atoms with Gasteiger partial charge >= 0.3 is 0 Å². The van der Waals surface area contributed by atoms with Crippen molar-refractivity contribution in [2.45, 2.75) is 44.8 Å². The third-order valence-electron chi connectivity index (χ3n) is 6.83. The van der Waals surface area contributed by atoms with Crippen molar-refractivity contribution in [3.05, 3.63) is 94.9 Å². The zero-order valence-electron chi connectivity index (χ0n) is 19.6. The fraction of sp³-hybridized carbons (Fsp3) is 0.321. The highest BCUT2D eigenvalue weighted by Crippen LogP contribution is 2.25. The number of hydrogen-bond donors (Lipinski definition) is 1. The normalized spacial score (nSPS) is 17.5. The van der Waals surface area contributed by atoms with Crippen LogP contribution in [0.4, 0.5) is 0 Å². The quantitative estimate of drug-likeness (QED) is 0.614. The summed E-state index contributed by atoms with van der Waals surface area (Å²) >= 11 is 0. The van der Waals surface area contributed by atoms with Gasteiger partial charge in [0.2, 0.25) is 5.91 Å². The van der Waals surface area contributed by atoms with Crippen LogP contribution in [0.25, 0.3) is 0 Å². The number of piperidine rings is 1. The van der Waals surface area contributed by atoms with Crippen molar-refractivity contribution in [1.29, 1.82) is 0 Å². The molecule has 5 rings (SSSR count). The minimum absolute atomic E-state index is 0.0389. The van der Waals surface area contributed by atoms with E-state index < -0.39 is 6.04 Å². The highest BCUT2D eigenvalue weighted by Gasteiger charge is 2.35. The molecule has 1 atom stereocenters. The number of fused-ring (bicyclic) bond motifs is 1. The van der Waals surface area contributed by atoms with Crippen LogP contribution in [-0.2, 0) is 24.3 Å². The summed E-state index contributed by atoms with van der Waals surface area (Å²) < 4.78 is 5.32. The highest BCUT2D eigenvalue weighted by atomic mass is 16.3. The third kappa shape index (κ3) is 4.99. The predicted molar refractivity (Wildman–Crippen MR) is 131 cm³/mol. The summed E-state index contributed by atoms with van der Waals surface area (Å²) in [6, 6.07) is 17.9. The fourth-order valence-electron chi connectivity index (χ4n) is 4.91. The summed E-state index contributed by atoms with van der Waals surface area (Å²) in [5.74, 6) is -0.283. The number of furan rings is 1. The van der Waals surface area contributed by atoms with E-state index in [9.17, 15) is 14.4 Å². The van der Waals surface area contributed by atoms with Gasteiger partial charge in [-0.25, -0.2) is 0 Å². The molecule has 1 saturated heterocycles. The molecule has 0 bridgehead atoms. The van der Waals surface area contributed by atoms with Gasteiger partial charge in [-0.1, -0.05) is 36.4 Å². The van der Waals surface area contributed by atoms with E-state index in [0.717, 1.165) is 42.6 Å². The Morgan fingerprint density at radius 3 is 2.46 bits per heavy atom. The smallest absolute Gasteiger partial charge is 0.290 e. The van der Waals surface area contributed by atoms with Gasteiger partial charge in [-0.15, -0.1) is 0 Å². The molecule has 2 aliphatic rings. The predicted octanol–water partition coefficient (Wildman–Crippen LogP) is 3.79. The number of likely N-dealkylation sites (tertiary alicyclic amines) is 1. The van der Waals surface area contributed by atoms with Crippen LogP contribution in [-0.4, -0.2) is 46.7 Å². The molecule has 7 heteroatoms. The zero-order valence-corrected chi connectivity index (χ0v) is 19.6. The van der Waals surface area contributed by atoms with Crippen molar-refractivity contribution in [1.82, 2.24) is 15.1 Å². The number of carbonyl (C=O) groups excluding carboxylic acids is 3. The fourth-order valence-corrected chi connectivity index (χ4v) is 4.91. The molecule has 0 aliphatic carbocycles. The van der Waals surface area contributed by atoms with Crippen molar-refractivity contribution in [3.8, 4) is 0 Å². The van der Waals surface area contributed by atoms with Crippen molar-refractivity contribution in [2.75, 3.05) is 13.1 Å². The van der Waals surface area contributed by atoms with Gasteiger partial charge in [-0.05, 0) is 60.2 Å². The number of amides is 3. The first-order valence-electron chi connectivity index (χ1n) is 12.2. The van der Waals surface area contributed by atoms with Gasteiger partial charge in [0.05, 0.1) is 6.26 Å². The molecule has 0 saturated carbocycles. The lowest BCUT2D eigenvalue weighted by atomic mass is 9.93. The van der Waals surface area contributed by atoms with Crippen LogP contribution in [0.1, 0.15) is 56.9 Å². The van der Waals surface area contributed by atoms with Gasteiger partial charge < -0.3 is 19.5 Å². The molecule has 0 radical (unpaired) electrons. The molecule has 1 N–H and O–H groups in total. The van der Waals surface area contributed by atoms with E-state index in [1.54, 1.807) is 17.0 Å². The lowest BCUT2D eigenvalue weighted by Gasteiger charge is -2.35. The molecule has 1 fully saturated rings. The number of nitrogens with one attached hydrogen (secondary N) is 1. The lowest BCUT2D eigenvalue weighted by Crippen LogP contribution is -2.52. The Balaban J connectivity index is 1.30. The van der Waals surface area contributed by atoms with E-state index >= 15 is 0 Å². The second-order valence-electron chi connectivity index (χ2n) is 9.17. The maximum absolute atomic E-state index is 13.3. The molecule has 3 aromatic rings. The Hall–Kier alpha value is -3.87. The molecular formula is C28H29N3O4. The molecule has 1 unspecified atom stereocenters. The number of benzene rings is 2. The number of nitrogens with zero attached hydrogens (tertiary/aromatic N) is 2. The highest BCUT2D eigenvalue weighted by molar-refractivity contribution is 5.96. The maximum atomic E-state index is 13.3. The number of carbonyl (C=O) groups is 3. The van der Waals surface area contributed by atoms with E-state index in [1.807, 2.05) is 53.4 Å². The maximum Gasteiger partial charge on any atom is 0.290 e. The van der Waals surface area contributed by atoms with Crippen LogP contribution < -0.4 is 5.32 Å². The van der Waals surface area contributed by atoms with E-state index in [1.165, 1.54) is 12.7 Å².